The van der Waals surface area contributed by atoms with Crippen LogP contribution in [-0.2, 0) is 18.3 Å². The minimum absolute atomic E-state index is 0.301. The quantitative estimate of drug-likeness (QED) is 0.656. The summed E-state index contributed by atoms with van der Waals surface area (Å²) < 4.78 is 1.82. The molecule has 2 rings (SSSR count). The van der Waals surface area contributed by atoms with Crippen LogP contribution >= 0.6 is 0 Å². The first-order valence-corrected chi connectivity index (χ1v) is 5.55. The van der Waals surface area contributed by atoms with Gasteiger partial charge in [0.2, 0.25) is 0 Å². The highest BCUT2D eigenvalue weighted by Gasteiger charge is 2.08. The third-order valence-electron chi connectivity index (χ3n) is 2.98. The molecular formula is C14H13N3O. The lowest BCUT2D eigenvalue weighted by molar-refractivity contribution is -0.107. The molecule has 2 N–H and O–H groups in total. The van der Waals surface area contributed by atoms with Crippen molar-refractivity contribution in [2.24, 2.45) is 7.05 Å². The third-order valence-corrected chi connectivity index (χ3v) is 2.98. The van der Waals surface area contributed by atoms with Crippen molar-refractivity contribution in [3.05, 3.63) is 41.6 Å². The summed E-state index contributed by atoms with van der Waals surface area (Å²) in [6.45, 7) is 0. The lowest BCUT2D eigenvalue weighted by Gasteiger charge is -2.08. The van der Waals surface area contributed by atoms with Crippen LogP contribution in [0.1, 0.15) is 11.3 Å². The molecular weight excluding hydrogens is 226 g/mol. The Morgan fingerprint density at radius 3 is 2.78 bits per heavy atom. The molecule has 0 aliphatic heterocycles. The largest absolute Gasteiger partial charge is 0.398 e. The second kappa shape index (κ2) is 4.76. The van der Waals surface area contributed by atoms with Gasteiger partial charge in [0.25, 0.3) is 0 Å². The van der Waals surface area contributed by atoms with Gasteiger partial charge < -0.3 is 15.1 Å². The summed E-state index contributed by atoms with van der Waals surface area (Å²) >= 11 is 0. The fraction of sp³-hybridized carbons (Fsp3) is 0.143. The van der Waals surface area contributed by atoms with E-state index in [1.807, 2.05) is 29.8 Å². The summed E-state index contributed by atoms with van der Waals surface area (Å²) in [4.78, 5) is 10.6. The molecule has 4 heteroatoms. The molecule has 0 saturated carbocycles. The number of nitrogens with zero attached hydrogens (tertiary/aromatic N) is 2. The van der Waals surface area contributed by atoms with Gasteiger partial charge in [-0.3, -0.25) is 0 Å². The predicted molar refractivity (Wildman–Crippen MR) is 69.7 cm³/mol. The number of aldehydes is 1. The van der Waals surface area contributed by atoms with Crippen molar-refractivity contribution in [1.82, 2.24) is 4.57 Å². The van der Waals surface area contributed by atoms with E-state index < -0.39 is 0 Å². The van der Waals surface area contributed by atoms with Crippen molar-refractivity contribution in [1.29, 1.82) is 5.26 Å². The van der Waals surface area contributed by atoms with E-state index in [0.717, 1.165) is 23.1 Å². The van der Waals surface area contributed by atoms with E-state index in [9.17, 15) is 4.79 Å². The molecule has 0 atom stereocenters. The van der Waals surface area contributed by atoms with E-state index in [0.29, 0.717) is 17.8 Å². The van der Waals surface area contributed by atoms with Gasteiger partial charge in [0.05, 0.1) is 0 Å². The van der Waals surface area contributed by atoms with E-state index in [1.54, 1.807) is 12.1 Å². The summed E-state index contributed by atoms with van der Waals surface area (Å²) in [6, 6.07) is 11.3. The molecule has 4 nitrogen and oxygen atoms in total. The van der Waals surface area contributed by atoms with Gasteiger partial charge in [-0.05, 0) is 35.4 Å². The topological polar surface area (TPSA) is 71.8 Å². The molecule has 0 unspecified atom stereocenters. The summed E-state index contributed by atoms with van der Waals surface area (Å²) in [6.07, 6.45) is 1.14. The zero-order valence-corrected chi connectivity index (χ0v) is 10.1. The Labute approximate surface area is 105 Å². The molecule has 0 radical (unpaired) electrons. The first-order chi connectivity index (χ1) is 8.67. The number of hydrogen-bond acceptors (Lipinski definition) is 3. The lowest BCUT2D eigenvalue weighted by Crippen LogP contribution is -1.98. The number of benzene rings is 1. The normalized spacial score (nSPS) is 10.0. The minimum Gasteiger partial charge on any atom is -0.398 e. The van der Waals surface area contributed by atoms with E-state index in [1.165, 1.54) is 0 Å². The Bertz CT molecular complexity index is 635. The average Bonchev–Trinajstić information content (AvgIpc) is 2.74. The van der Waals surface area contributed by atoms with Crippen LogP contribution in [0.4, 0.5) is 5.69 Å². The molecule has 90 valence electrons. The number of nitrogen functional groups attached to an aromatic ring is 1. The van der Waals surface area contributed by atoms with Crippen LogP contribution in [0.2, 0.25) is 0 Å². The molecule has 0 aliphatic rings. The lowest BCUT2D eigenvalue weighted by atomic mass is 10.0. The van der Waals surface area contributed by atoms with E-state index in [2.05, 4.69) is 6.07 Å². The number of anilines is 1. The van der Waals surface area contributed by atoms with Gasteiger partial charge in [0.1, 0.15) is 18.0 Å². The molecule has 1 aromatic heterocycles. The molecule has 1 heterocycles. The van der Waals surface area contributed by atoms with Gasteiger partial charge in [-0.2, -0.15) is 5.26 Å². The maximum Gasteiger partial charge on any atom is 0.124 e. The Balaban J connectivity index is 2.51. The van der Waals surface area contributed by atoms with Crippen LogP contribution in [0.5, 0.6) is 0 Å². The van der Waals surface area contributed by atoms with Crippen LogP contribution in [-0.4, -0.2) is 10.9 Å². The second-order valence-electron chi connectivity index (χ2n) is 4.06. The number of carbonyl (C=O) groups is 1. The van der Waals surface area contributed by atoms with Crippen molar-refractivity contribution >= 4 is 12.0 Å². The van der Waals surface area contributed by atoms with Crippen molar-refractivity contribution in [3.8, 4) is 17.3 Å². The van der Waals surface area contributed by atoms with Crippen LogP contribution in [0, 0.1) is 11.3 Å². The fourth-order valence-corrected chi connectivity index (χ4v) is 1.95. The van der Waals surface area contributed by atoms with Gasteiger partial charge in [0, 0.05) is 24.8 Å². The highest BCUT2D eigenvalue weighted by molar-refractivity contribution is 5.69. The molecule has 0 aliphatic carbocycles. The first-order valence-electron chi connectivity index (χ1n) is 5.55. The van der Waals surface area contributed by atoms with Gasteiger partial charge in [-0.15, -0.1) is 0 Å². The molecule has 0 amide bonds. The van der Waals surface area contributed by atoms with Crippen molar-refractivity contribution in [2.45, 2.75) is 6.42 Å². The summed E-state index contributed by atoms with van der Waals surface area (Å²) in [5, 5.41) is 8.92. The van der Waals surface area contributed by atoms with Crippen molar-refractivity contribution in [2.75, 3.05) is 5.73 Å². The molecule has 18 heavy (non-hydrogen) atoms. The molecule has 1 aromatic carbocycles. The maximum atomic E-state index is 10.6. The Morgan fingerprint density at radius 1 is 1.39 bits per heavy atom. The zero-order valence-electron chi connectivity index (χ0n) is 10.1. The highest BCUT2D eigenvalue weighted by Crippen LogP contribution is 2.25. The summed E-state index contributed by atoms with van der Waals surface area (Å²) in [7, 11) is 1.84. The van der Waals surface area contributed by atoms with Crippen LogP contribution in [0.3, 0.4) is 0 Å². The Hall–Kier alpha value is -2.54. The third kappa shape index (κ3) is 1.98. The SMILES string of the molecule is Cn1c(C#N)ccc1-c1ccc(N)c(CC=O)c1. The fourth-order valence-electron chi connectivity index (χ4n) is 1.95. The number of carbonyl (C=O) groups excluding carboxylic acids is 1. The predicted octanol–water partition coefficient (Wildman–Crippen LogP) is 1.89. The van der Waals surface area contributed by atoms with Gasteiger partial charge in [0.15, 0.2) is 0 Å². The molecule has 0 saturated heterocycles. The van der Waals surface area contributed by atoms with Crippen LogP contribution < -0.4 is 5.73 Å². The van der Waals surface area contributed by atoms with Crippen molar-refractivity contribution in [3.63, 3.8) is 0 Å². The van der Waals surface area contributed by atoms with Gasteiger partial charge in [-0.1, -0.05) is 6.07 Å². The zero-order chi connectivity index (χ0) is 13.1. The number of hydrogen-bond donors (Lipinski definition) is 1. The second-order valence-corrected chi connectivity index (χ2v) is 4.06. The van der Waals surface area contributed by atoms with E-state index in [-0.39, 0.29) is 0 Å². The highest BCUT2D eigenvalue weighted by atomic mass is 16.1. The Kier molecular flexibility index (Phi) is 3.16. The molecule has 2 aromatic rings. The number of nitrogens with two attached hydrogens (primary N) is 1. The summed E-state index contributed by atoms with van der Waals surface area (Å²) in [5.41, 5.74) is 9.70. The average molecular weight is 239 g/mol. The number of aromatic nitrogens is 1. The van der Waals surface area contributed by atoms with Gasteiger partial charge in [-0.25, -0.2) is 0 Å². The Morgan fingerprint density at radius 2 is 2.17 bits per heavy atom. The molecule has 0 spiro atoms. The van der Waals surface area contributed by atoms with E-state index >= 15 is 0 Å². The first kappa shape index (κ1) is 11.9. The maximum absolute atomic E-state index is 10.6. The van der Waals surface area contributed by atoms with Gasteiger partial charge >= 0.3 is 0 Å². The van der Waals surface area contributed by atoms with Crippen molar-refractivity contribution < 1.29 is 4.79 Å². The monoisotopic (exact) mass is 239 g/mol. The molecule has 0 fully saturated rings. The van der Waals surface area contributed by atoms with Crippen LogP contribution in [0.25, 0.3) is 11.3 Å². The number of nitriles is 1. The standard InChI is InChI=1S/C14H13N3O/c1-17-12(9-15)3-5-14(17)11-2-4-13(16)10(8-11)6-7-18/h2-5,7-8H,6,16H2,1H3. The molecule has 0 bridgehead atoms. The minimum atomic E-state index is 0.301. The van der Waals surface area contributed by atoms with E-state index in [4.69, 9.17) is 11.0 Å². The summed E-state index contributed by atoms with van der Waals surface area (Å²) in [5.74, 6) is 0. The number of rotatable bonds is 3. The smallest absolute Gasteiger partial charge is 0.124 e. The van der Waals surface area contributed by atoms with Crippen LogP contribution in [0.15, 0.2) is 30.3 Å².